The van der Waals surface area contributed by atoms with Gasteiger partial charge in [0.05, 0.1) is 24.3 Å². The first kappa shape index (κ1) is 12.9. The second-order valence-corrected chi connectivity index (χ2v) is 6.87. The zero-order valence-corrected chi connectivity index (χ0v) is 12.8. The van der Waals surface area contributed by atoms with Crippen molar-refractivity contribution in [3.05, 3.63) is 45.2 Å². The topological polar surface area (TPSA) is 37.8 Å². The largest absolute Gasteiger partial charge is 0.372 e. The number of aromatic nitrogens is 1. The molecule has 1 saturated heterocycles. The maximum Gasteiger partial charge on any atom is 0.192 e. The van der Waals surface area contributed by atoms with Crippen molar-refractivity contribution in [1.82, 2.24) is 9.47 Å². The number of ether oxygens (including phenoxy) is 1. The zero-order valence-electron chi connectivity index (χ0n) is 12.8. The number of nitrogens with zero attached hydrogens (tertiary/aromatic N) is 2. The summed E-state index contributed by atoms with van der Waals surface area (Å²) in [6.45, 7) is 6.01. The molecule has 0 radical (unpaired) electrons. The van der Waals surface area contributed by atoms with Gasteiger partial charge in [0.1, 0.15) is 0 Å². The third-order valence-electron chi connectivity index (χ3n) is 5.44. The summed E-state index contributed by atoms with van der Waals surface area (Å²) in [4.78, 5) is 15.4. The average Bonchev–Trinajstić information content (AvgIpc) is 3.22. The third-order valence-corrected chi connectivity index (χ3v) is 5.44. The Bertz CT molecular complexity index is 835. The van der Waals surface area contributed by atoms with Crippen molar-refractivity contribution in [2.75, 3.05) is 19.7 Å². The number of hydrogen-bond donors (Lipinski definition) is 0. The lowest BCUT2D eigenvalue weighted by atomic mass is 10.0. The minimum atomic E-state index is 0.261. The van der Waals surface area contributed by atoms with E-state index in [1.54, 1.807) is 0 Å². The smallest absolute Gasteiger partial charge is 0.192 e. The lowest BCUT2D eigenvalue weighted by molar-refractivity contribution is 0.146. The van der Waals surface area contributed by atoms with Gasteiger partial charge in [0.15, 0.2) is 5.43 Å². The summed E-state index contributed by atoms with van der Waals surface area (Å²) in [7, 11) is 0. The van der Waals surface area contributed by atoms with E-state index in [0.717, 1.165) is 61.1 Å². The Hall–Kier alpha value is -1.65. The highest BCUT2D eigenvalue weighted by atomic mass is 16.6. The van der Waals surface area contributed by atoms with Crippen molar-refractivity contribution < 1.29 is 4.74 Å². The molecule has 1 aromatic carbocycles. The van der Waals surface area contributed by atoms with E-state index in [0.29, 0.717) is 12.1 Å². The molecule has 1 aromatic heterocycles. The van der Waals surface area contributed by atoms with Crippen molar-refractivity contribution in [2.45, 2.75) is 38.5 Å². The number of pyridine rings is 1. The van der Waals surface area contributed by atoms with Crippen molar-refractivity contribution in [1.29, 1.82) is 0 Å². The average molecular weight is 296 g/mol. The maximum atomic E-state index is 12.9. The fraction of sp³-hybridized carbons (Fsp3) is 0.500. The molecule has 114 valence electrons. The van der Waals surface area contributed by atoms with Gasteiger partial charge in [-0.1, -0.05) is 11.6 Å². The van der Waals surface area contributed by atoms with Crippen LogP contribution < -0.4 is 5.43 Å². The van der Waals surface area contributed by atoms with Crippen LogP contribution in [-0.4, -0.2) is 35.3 Å². The van der Waals surface area contributed by atoms with Gasteiger partial charge >= 0.3 is 0 Å². The Labute approximate surface area is 129 Å². The minimum absolute atomic E-state index is 0.261. The summed E-state index contributed by atoms with van der Waals surface area (Å²) in [6, 6.07) is 6.71. The molecular weight excluding hydrogens is 276 g/mol. The van der Waals surface area contributed by atoms with E-state index in [9.17, 15) is 4.79 Å². The molecule has 3 aliphatic rings. The van der Waals surface area contributed by atoms with Crippen LogP contribution in [0.1, 0.15) is 29.3 Å². The van der Waals surface area contributed by atoms with Gasteiger partial charge in [-0.15, -0.1) is 0 Å². The molecule has 2 aliphatic heterocycles. The van der Waals surface area contributed by atoms with Crippen molar-refractivity contribution in [2.24, 2.45) is 0 Å². The Morgan fingerprint density at radius 3 is 3.00 bits per heavy atom. The molecule has 3 heterocycles. The monoisotopic (exact) mass is 296 g/mol. The summed E-state index contributed by atoms with van der Waals surface area (Å²) in [6.07, 6.45) is 2.42. The van der Waals surface area contributed by atoms with E-state index in [-0.39, 0.29) is 5.43 Å². The molecule has 0 N–H and O–H groups in total. The number of epoxide rings is 1. The predicted molar refractivity (Wildman–Crippen MR) is 85.3 cm³/mol. The van der Waals surface area contributed by atoms with Crippen LogP contribution >= 0.6 is 0 Å². The fourth-order valence-electron chi connectivity index (χ4n) is 4.31. The normalized spacial score (nSPS) is 26.4. The molecule has 4 heteroatoms. The Morgan fingerprint density at radius 2 is 2.18 bits per heavy atom. The molecule has 0 amide bonds. The molecule has 2 atom stereocenters. The van der Waals surface area contributed by atoms with Crippen LogP contribution in [0.4, 0.5) is 0 Å². The zero-order chi connectivity index (χ0) is 14.8. The van der Waals surface area contributed by atoms with Gasteiger partial charge in [-0.2, -0.15) is 0 Å². The molecule has 1 fully saturated rings. The summed E-state index contributed by atoms with van der Waals surface area (Å²) in [5, 5.41) is 0.901. The van der Waals surface area contributed by atoms with E-state index in [4.69, 9.17) is 4.74 Å². The summed E-state index contributed by atoms with van der Waals surface area (Å²) < 4.78 is 7.82. The van der Waals surface area contributed by atoms with Gasteiger partial charge < -0.3 is 9.30 Å². The fourth-order valence-corrected chi connectivity index (χ4v) is 4.31. The van der Waals surface area contributed by atoms with Gasteiger partial charge in [-0.3, -0.25) is 9.69 Å². The van der Waals surface area contributed by atoms with Crippen LogP contribution in [0, 0.1) is 6.92 Å². The van der Waals surface area contributed by atoms with E-state index >= 15 is 0 Å². The van der Waals surface area contributed by atoms with Gasteiger partial charge in [-0.05, 0) is 31.9 Å². The minimum Gasteiger partial charge on any atom is -0.372 e. The SMILES string of the molecule is Cc1ccc2c(c1)c(=O)c1c3n2CCN(C[C@@H]2CO2)[C@@H]3CC1. The van der Waals surface area contributed by atoms with Crippen LogP contribution in [0.2, 0.25) is 0 Å². The molecule has 0 spiro atoms. The van der Waals surface area contributed by atoms with E-state index in [2.05, 4.69) is 34.6 Å². The lowest BCUT2D eigenvalue weighted by Crippen LogP contribution is -2.40. The quantitative estimate of drug-likeness (QED) is 0.796. The summed E-state index contributed by atoms with van der Waals surface area (Å²) in [5.74, 6) is 0. The van der Waals surface area contributed by atoms with Crippen molar-refractivity contribution in [3.8, 4) is 0 Å². The van der Waals surface area contributed by atoms with Crippen LogP contribution in [0.5, 0.6) is 0 Å². The number of aryl methyl sites for hydroxylation is 1. The highest BCUT2D eigenvalue weighted by Gasteiger charge is 2.38. The second-order valence-electron chi connectivity index (χ2n) is 6.87. The molecule has 1 aliphatic carbocycles. The number of hydrogen-bond acceptors (Lipinski definition) is 3. The highest BCUT2D eigenvalue weighted by Crippen LogP contribution is 2.39. The molecular formula is C18H20N2O2. The molecule has 0 bridgehead atoms. The standard InChI is InChI=1S/C18H20N2O2/c1-11-2-4-15-14(8-11)18(21)13-3-5-16-17(13)20(15)7-6-19(16)9-12-10-22-12/h2,4,8,12,16H,3,5-7,9-10H2,1H3/t12-,16-/m1/s1. The molecule has 4 nitrogen and oxygen atoms in total. The maximum absolute atomic E-state index is 12.9. The first-order valence-electron chi connectivity index (χ1n) is 8.24. The predicted octanol–water partition coefficient (Wildman–Crippen LogP) is 2.01. The molecule has 0 saturated carbocycles. The Morgan fingerprint density at radius 1 is 1.32 bits per heavy atom. The van der Waals surface area contributed by atoms with Crippen LogP contribution in [0.3, 0.4) is 0 Å². The molecule has 2 aromatic rings. The number of benzene rings is 1. The first-order valence-corrected chi connectivity index (χ1v) is 8.24. The van der Waals surface area contributed by atoms with Crippen molar-refractivity contribution in [3.63, 3.8) is 0 Å². The highest BCUT2D eigenvalue weighted by molar-refractivity contribution is 5.81. The van der Waals surface area contributed by atoms with Crippen LogP contribution in [0.25, 0.3) is 10.9 Å². The molecule has 0 unspecified atom stereocenters. The van der Waals surface area contributed by atoms with Crippen LogP contribution in [-0.2, 0) is 17.7 Å². The van der Waals surface area contributed by atoms with Gasteiger partial charge in [-0.25, -0.2) is 0 Å². The Kier molecular flexibility index (Phi) is 2.59. The van der Waals surface area contributed by atoms with Gasteiger partial charge in [0, 0.05) is 36.3 Å². The van der Waals surface area contributed by atoms with E-state index in [1.165, 1.54) is 5.69 Å². The van der Waals surface area contributed by atoms with E-state index < -0.39 is 0 Å². The third kappa shape index (κ3) is 1.74. The Balaban J connectivity index is 1.72. The second kappa shape index (κ2) is 4.43. The molecule has 22 heavy (non-hydrogen) atoms. The van der Waals surface area contributed by atoms with Gasteiger partial charge in [0.25, 0.3) is 0 Å². The van der Waals surface area contributed by atoms with Crippen LogP contribution in [0.15, 0.2) is 23.0 Å². The van der Waals surface area contributed by atoms with E-state index in [1.807, 2.05) is 0 Å². The molecule has 5 rings (SSSR count). The van der Waals surface area contributed by atoms with Crippen molar-refractivity contribution >= 4 is 10.9 Å². The summed E-state index contributed by atoms with van der Waals surface area (Å²) in [5.41, 5.74) is 4.88. The first-order chi connectivity index (χ1) is 10.7. The summed E-state index contributed by atoms with van der Waals surface area (Å²) >= 11 is 0. The number of fused-ring (bicyclic) bond motifs is 2. The van der Waals surface area contributed by atoms with Gasteiger partial charge in [0.2, 0.25) is 0 Å². The lowest BCUT2D eigenvalue weighted by Gasteiger charge is -2.36. The number of rotatable bonds is 2.